The fourth-order valence-electron chi connectivity index (χ4n) is 2.56. The first kappa shape index (κ1) is 14.5. The van der Waals surface area contributed by atoms with E-state index in [2.05, 4.69) is 0 Å². The summed E-state index contributed by atoms with van der Waals surface area (Å²) in [6.45, 7) is 0.581. The molecule has 3 rings (SSSR count). The molecule has 0 fully saturated rings. The van der Waals surface area contributed by atoms with Crippen LogP contribution in [-0.4, -0.2) is 35.7 Å². The molecule has 2 amide bonds. The van der Waals surface area contributed by atoms with Crippen molar-refractivity contribution < 1.29 is 9.59 Å². The molecule has 0 aliphatic carbocycles. The van der Waals surface area contributed by atoms with Gasteiger partial charge in [0, 0.05) is 25.5 Å². The van der Waals surface area contributed by atoms with Crippen LogP contribution in [0.25, 0.3) is 5.57 Å². The lowest BCUT2D eigenvalue weighted by atomic mass is 10.1. The predicted molar refractivity (Wildman–Crippen MR) is 86.9 cm³/mol. The maximum Gasteiger partial charge on any atom is 0.277 e. The zero-order chi connectivity index (χ0) is 15.7. The van der Waals surface area contributed by atoms with E-state index in [-0.39, 0.29) is 11.8 Å². The maximum absolute atomic E-state index is 12.5. The molecule has 4 nitrogen and oxygen atoms in total. The van der Waals surface area contributed by atoms with Crippen molar-refractivity contribution in [2.75, 3.05) is 14.1 Å². The standard InChI is InChI=1S/C17H16N2O2S/c1-18(11-12-7-4-3-5-8-12)15-14(13-9-6-10-22-13)16(20)19(2)17(15)21/h3-10H,11H2,1-2H3. The number of hydrogen-bond acceptors (Lipinski definition) is 4. The van der Waals surface area contributed by atoms with Gasteiger partial charge in [-0.3, -0.25) is 14.5 Å². The Balaban J connectivity index is 2.00. The summed E-state index contributed by atoms with van der Waals surface area (Å²) in [5, 5.41) is 1.91. The minimum absolute atomic E-state index is 0.234. The molecule has 1 aliphatic rings. The Labute approximate surface area is 133 Å². The van der Waals surface area contributed by atoms with Gasteiger partial charge in [-0.1, -0.05) is 36.4 Å². The van der Waals surface area contributed by atoms with Crippen molar-refractivity contribution in [3.05, 3.63) is 64.0 Å². The average Bonchev–Trinajstić information content (AvgIpc) is 3.11. The fraction of sp³-hybridized carbons (Fsp3) is 0.176. The van der Waals surface area contributed by atoms with E-state index in [1.165, 1.54) is 23.3 Å². The van der Waals surface area contributed by atoms with Crippen LogP contribution in [0.3, 0.4) is 0 Å². The van der Waals surface area contributed by atoms with Gasteiger partial charge in [-0.15, -0.1) is 11.3 Å². The highest BCUT2D eigenvalue weighted by atomic mass is 32.1. The van der Waals surface area contributed by atoms with Crippen molar-refractivity contribution >= 4 is 28.7 Å². The third-order valence-corrected chi connectivity index (χ3v) is 4.56. The van der Waals surface area contributed by atoms with Crippen LogP contribution in [0.5, 0.6) is 0 Å². The number of thiophene rings is 1. The van der Waals surface area contributed by atoms with E-state index in [1.807, 2.05) is 59.8 Å². The summed E-state index contributed by atoms with van der Waals surface area (Å²) >= 11 is 1.47. The van der Waals surface area contributed by atoms with Crippen molar-refractivity contribution in [3.63, 3.8) is 0 Å². The number of nitrogens with zero attached hydrogens (tertiary/aromatic N) is 2. The Morgan fingerprint density at radius 3 is 2.41 bits per heavy atom. The summed E-state index contributed by atoms with van der Waals surface area (Å²) in [4.78, 5) is 28.7. The van der Waals surface area contributed by atoms with Gasteiger partial charge in [0.05, 0.1) is 5.57 Å². The zero-order valence-electron chi connectivity index (χ0n) is 12.4. The van der Waals surface area contributed by atoms with Gasteiger partial charge >= 0.3 is 0 Å². The molecular formula is C17H16N2O2S. The first-order valence-corrected chi connectivity index (χ1v) is 7.83. The Hall–Kier alpha value is -2.40. The van der Waals surface area contributed by atoms with Crippen LogP contribution in [0.1, 0.15) is 10.4 Å². The van der Waals surface area contributed by atoms with Crippen LogP contribution in [-0.2, 0) is 16.1 Å². The lowest BCUT2D eigenvalue weighted by Gasteiger charge is -2.20. The SMILES string of the molecule is CN(Cc1ccccc1)C1=C(c2cccs2)C(=O)N(C)C1=O. The van der Waals surface area contributed by atoms with Crippen LogP contribution in [0.2, 0.25) is 0 Å². The van der Waals surface area contributed by atoms with Gasteiger partial charge in [0.2, 0.25) is 0 Å². The number of amides is 2. The summed E-state index contributed by atoms with van der Waals surface area (Å²) < 4.78 is 0. The van der Waals surface area contributed by atoms with E-state index in [9.17, 15) is 9.59 Å². The second-order valence-corrected chi connectivity index (χ2v) is 6.16. The second-order valence-electron chi connectivity index (χ2n) is 5.21. The molecule has 0 bridgehead atoms. The molecule has 2 heterocycles. The second kappa shape index (κ2) is 5.77. The van der Waals surface area contributed by atoms with Crippen LogP contribution >= 0.6 is 11.3 Å². The van der Waals surface area contributed by atoms with Gasteiger partial charge in [-0.25, -0.2) is 0 Å². The van der Waals surface area contributed by atoms with E-state index in [1.54, 1.807) is 0 Å². The first-order chi connectivity index (χ1) is 10.6. The molecule has 5 heteroatoms. The van der Waals surface area contributed by atoms with E-state index >= 15 is 0 Å². The lowest BCUT2D eigenvalue weighted by molar-refractivity contribution is -0.135. The number of carbonyl (C=O) groups is 2. The van der Waals surface area contributed by atoms with Crippen LogP contribution in [0.4, 0.5) is 0 Å². The third-order valence-electron chi connectivity index (χ3n) is 3.67. The molecule has 1 aliphatic heterocycles. The molecule has 1 aromatic heterocycles. The third kappa shape index (κ3) is 2.44. The van der Waals surface area contributed by atoms with Gasteiger partial charge in [-0.2, -0.15) is 0 Å². The molecule has 2 aromatic rings. The Kier molecular flexibility index (Phi) is 3.81. The highest BCUT2D eigenvalue weighted by molar-refractivity contribution is 7.11. The average molecular weight is 312 g/mol. The summed E-state index contributed by atoms with van der Waals surface area (Å²) in [6, 6.07) is 13.7. The van der Waals surface area contributed by atoms with Gasteiger partial charge in [0.25, 0.3) is 11.8 Å². The number of rotatable bonds is 4. The molecule has 22 heavy (non-hydrogen) atoms. The maximum atomic E-state index is 12.5. The van der Waals surface area contributed by atoms with Crippen molar-refractivity contribution in [3.8, 4) is 0 Å². The lowest BCUT2D eigenvalue weighted by Crippen LogP contribution is -2.30. The molecule has 1 aromatic carbocycles. The van der Waals surface area contributed by atoms with Crippen molar-refractivity contribution in [2.45, 2.75) is 6.54 Å². The number of benzene rings is 1. The van der Waals surface area contributed by atoms with Crippen molar-refractivity contribution in [1.82, 2.24) is 9.80 Å². The minimum atomic E-state index is -0.244. The molecule has 0 atom stereocenters. The molecule has 0 N–H and O–H groups in total. The van der Waals surface area contributed by atoms with Gasteiger partial charge in [0.1, 0.15) is 5.70 Å². The highest BCUT2D eigenvalue weighted by Gasteiger charge is 2.38. The molecular weight excluding hydrogens is 296 g/mol. The summed E-state index contributed by atoms with van der Waals surface area (Å²) in [6.07, 6.45) is 0. The highest BCUT2D eigenvalue weighted by Crippen LogP contribution is 2.33. The molecule has 0 spiro atoms. The minimum Gasteiger partial charge on any atom is -0.365 e. The Morgan fingerprint density at radius 1 is 1.05 bits per heavy atom. The van der Waals surface area contributed by atoms with E-state index in [0.717, 1.165) is 10.4 Å². The summed E-state index contributed by atoms with van der Waals surface area (Å²) in [5.74, 6) is -0.478. The topological polar surface area (TPSA) is 40.6 Å². The molecule has 0 radical (unpaired) electrons. The van der Waals surface area contributed by atoms with Crippen LogP contribution in [0.15, 0.2) is 53.5 Å². The largest absolute Gasteiger partial charge is 0.365 e. The van der Waals surface area contributed by atoms with E-state index in [0.29, 0.717) is 17.8 Å². The number of carbonyl (C=O) groups excluding carboxylic acids is 2. The summed E-state index contributed by atoms with van der Waals surface area (Å²) in [5.41, 5.74) is 2.07. The predicted octanol–water partition coefficient (Wildman–Crippen LogP) is 2.59. The Morgan fingerprint density at radius 2 is 1.77 bits per heavy atom. The summed E-state index contributed by atoms with van der Waals surface area (Å²) in [7, 11) is 3.38. The first-order valence-electron chi connectivity index (χ1n) is 6.95. The van der Waals surface area contributed by atoms with Crippen LogP contribution in [0, 0.1) is 0 Å². The molecule has 0 saturated heterocycles. The van der Waals surface area contributed by atoms with E-state index < -0.39 is 0 Å². The van der Waals surface area contributed by atoms with Crippen molar-refractivity contribution in [1.29, 1.82) is 0 Å². The molecule has 0 unspecified atom stereocenters. The van der Waals surface area contributed by atoms with E-state index in [4.69, 9.17) is 0 Å². The quantitative estimate of drug-likeness (QED) is 0.815. The number of likely N-dealkylation sites (N-methyl/N-ethyl adjacent to an activating group) is 2. The number of imide groups is 1. The normalized spacial score (nSPS) is 14.9. The zero-order valence-corrected chi connectivity index (χ0v) is 13.3. The molecule has 0 saturated carbocycles. The van der Waals surface area contributed by atoms with Gasteiger partial charge < -0.3 is 4.90 Å². The van der Waals surface area contributed by atoms with Gasteiger partial charge in [-0.05, 0) is 17.0 Å². The smallest absolute Gasteiger partial charge is 0.277 e. The van der Waals surface area contributed by atoms with Gasteiger partial charge in [0.15, 0.2) is 0 Å². The molecule has 112 valence electrons. The monoisotopic (exact) mass is 312 g/mol. The Bertz CT molecular complexity index is 735. The number of hydrogen-bond donors (Lipinski definition) is 0. The fourth-order valence-corrected chi connectivity index (χ4v) is 3.32. The van der Waals surface area contributed by atoms with Crippen molar-refractivity contribution in [2.24, 2.45) is 0 Å². The van der Waals surface area contributed by atoms with Crippen LogP contribution < -0.4 is 0 Å².